The third kappa shape index (κ3) is 4.08. The first-order chi connectivity index (χ1) is 7.55. The number of carboxylic acids is 1. The Morgan fingerprint density at radius 3 is 1.89 bits per heavy atom. The van der Waals surface area contributed by atoms with Gasteiger partial charge in [-0.2, -0.15) is 16.8 Å². The van der Waals surface area contributed by atoms with Crippen molar-refractivity contribution >= 4 is 26.2 Å². The Kier molecular flexibility index (Phi) is 6.12. The van der Waals surface area contributed by atoms with Crippen LogP contribution in [0, 0.1) is 0 Å². The van der Waals surface area contributed by atoms with Gasteiger partial charge >= 0.3 is 51.4 Å². The Balaban J connectivity index is 0.00000289. The van der Waals surface area contributed by atoms with Gasteiger partial charge in [0.2, 0.25) is 0 Å². The maximum atomic E-state index is 10.9. The molecule has 0 fully saturated rings. The summed E-state index contributed by atoms with van der Waals surface area (Å²) in [7, 11) is -10.2. The van der Waals surface area contributed by atoms with Crippen LogP contribution in [0.4, 0.5) is 0 Å². The molecule has 1 aromatic rings. The number of carboxylic acid groups (broad SMARTS) is 1. The number of carbonyl (C=O) groups is 1. The molecule has 0 spiro atoms. The van der Waals surface area contributed by atoms with Crippen LogP contribution in [0.5, 0.6) is 0 Å². The zero-order chi connectivity index (χ0) is 13.4. The first kappa shape index (κ1) is 18.1. The fraction of sp³-hybridized carbons (Fsp3) is 0. The zero-order valence-corrected chi connectivity index (χ0v) is 13.6. The van der Waals surface area contributed by atoms with Gasteiger partial charge in [0.15, 0.2) is 0 Å². The summed E-state index contributed by atoms with van der Waals surface area (Å²) in [5.41, 5.74) is -1.07. The summed E-state index contributed by atoms with van der Waals surface area (Å²) in [6, 6.07) is 2.22. The van der Waals surface area contributed by atoms with Crippen LogP contribution in [0.1, 0.15) is 10.4 Å². The molecule has 1 aromatic carbocycles. The molecule has 2 N–H and O–H groups in total. The van der Waals surface area contributed by atoms with E-state index in [1.165, 1.54) is 0 Å². The number of aromatic carboxylic acids is 1. The second-order valence-electron chi connectivity index (χ2n) is 2.87. The van der Waals surface area contributed by atoms with Crippen LogP contribution in [-0.2, 0) is 20.2 Å². The topological polar surface area (TPSA) is 149 Å². The van der Waals surface area contributed by atoms with Gasteiger partial charge in [-0.15, -0.1) is 0 Å². The summed E-state index contributed by atoms with van der Waals surface area (Å²) in [5.74, 6) is -2.01. The van der Waals surface area contributed by atoms with Crippen molar-refractivity contribution in [2.45, 2.75) is 9.79 Å². The standard InChI is InChI=1S/C7H6O8S2.K/c8-7(9)4-2-1-3-5(16(10,11)12)6(4)17(13,14)15;/h1-3H,(H,8,9)(H,10,11,12)(H,13,14,15);/q;+1/p-1. The molecule has 0 unspecified atom stereocenters. The molecule has 8 nitrogen and oxygen atoms in total. The van der Waals surface area contributed by atoms with E-state index in [0.717, 1.165) is 6.07 Å². The molecular formula is C7H5KO8S2. The van der Waals surface area contributed by atoms with Crippen molar-refractivity contribution in [3.63, 3.8) is 0 Å². The molecule has 0 atom stereocenters. The van der Waals surface area contributed by atoms with Gasteiger partial charge in [-0.25, -0.2) is 0 Å². The minimum Gasteiger partial charge on any atom is -0.545 e. The van der Waals surface area contributed by atoms with Crippen molar-refractivity contribution in [2.24, 2.45) is 0 Å². The van der Waals surface area contributed by atoms with Gasteiger partial charge in [-0.3, -0.25) is 9.11 Å². The molecular weight excluding hydrogens is 315 g/mol. The van der Waals surface area contributed by atoms with Gasteiger partial charge in [-0.05, 0) is 6.07 Å². The predicted octanol–water partition coefficient (Wildman–Crippen LogP) is -4.45. The first-order valence-electron chi connectivity index (χ1n) is 3.84. The van der Waals surface area contributed by atoms with Crippen molar-refractivity contribution in [1.82, 2.24) is 0 Å². The van der Waals surface area contributed by atoms with Gasteiger partial charge in [0, 0.05) is 5.56 Å². The molecule has 0 saturated heterocycles. The smallest absolute Gasteiger partial charge is 0.545 e. The minimum absolute atomic E-state index is 0. The largest absolute Gasteiger partial charge is 1.00 e. The van der Waals surface area contributed by atoms with E-state index in [0.29, 0.717) is 12.1 Å². The van der Waals surface area contributed by atoms with Crippen molar-refractivity contribution in [2.75, 3.05) is 0 Å². The van der Waals surface area contributed by atoms with E-state index in [1.807, 2.05) is 0 Å². The van der Waals surface area contributed by atoms with E-state index in [9.17, 15) is 26.7 Å². The molecule has 0 radical (unpaired) electrons. The van der Waals surface area contributed by atoms with E-state index < -0.39 is 41.6 Å². The second kappa shape index (κ2) is 6.07. The molecule has 1 rings (SSSR count). The first-order valence-corrected chi connectivity index (χ1v) is 6.72. The van der Waals surface area contributed by atoms with Crippen LogP contribution in [0.25, 0.3) is 0 Å². The number of hydrogen-bond donors (Lipinski definition) is 2. The molecule has 0 aliphatic rings. The van der Waals surface area contributed by atoms with Crippen LogP contribution >= 0.6 is 0 Å². The molecule has 0 aliphatic carbocycles. The third-order valence-electron chi connectivity index (χ3n) is 1.73. The van der Waals surface area contributed by atoms with E-state index >= 15 is 0 Å². The molecule has 0 aromatic heterocycles. The second-order valence-corrected chi connectivity index (χ2v) is 5.62. The van der Waals surface area contributed by atoms with E-state index in [-0.39, 0.29) is 51.4 Å². The Morgan fingerprint density at radius 2 is 1.56 bits per heavy atom. The molecule has 0 saturated carbocycles. The molecule has 18 heavy (non-hydrogen) atoms. The Labute approximate surface area is 145 Å². The molecule has 0 aliphatic heterocycles. The zero-order valence-electron chi connectivity index (χ0n) is 8.89. The van der Waals surface area contributed by atoms with Gasteiger partial charge < -0.3 is 9.90 Å². The monoisotopic (exact) mass is 320 g/mol. The number of hydrogen-bond acceptors (Lipinski definition) is 6. The van der Waals surface area contributed by atoms with Crippen molar-refractivity contribution in [3.8, 4) is 0 Å². The summed E-state index contributed by atoms with van der Waals surface area (Å²) in [6.07, 6.45) is 0. The Hall–Kier alpha value is 0.146. The SMILES string of the molecule is O=C([O-])c1cccc(S(=O)(=O)O)c1S(=O)(=O)O.[K+]. The Morgan fingerprint density at radius 1 is 1.06 bits per heavy atom. The maximum absolute atomic E-state index is 10.9. The summed E-state index contributed by atoms with van der Waals surface area (Å²) >= 11 is 0. The van der Waals surface area contributed by atoms with Crippen LogP contribution in [0.15, 0.2) is 28.0 Å². The van der Waals surface area contributed by atoms with Crippen molar-refractivity contribution in [1.29, 1.82) is 0 Å². The normalized spacial score (nSPS) is 11.7. The van der Waals surface area contributed by atoms with Gasteiger partial charge in [-0.1, -0.05) is 12.1 Å². The summed E-state index contributed by atoms with van der Waals surface area (Å²) in [6.45, 7) is 0. The Bertz CT molecular complexity index is 675. The number of carbonyl (C=O) groups excluding carboxylic acids is 1. The number of rotatable bonds is 3. The van der Waals surface area contributed by atoms with Crippen molar-refractivity contribution < 1.29 is 87.2 Å². The van der Waals surface area contributed by atoms with Gasteiger partial charge in [0.05, 0.1) is 5.97 Å². The molecule has 94 valence electrons. The van der Waals surface area contributed by atoms with Crippen LogP contribution < -0.4 is 56.5 Å². The minimum atomic E-state index is -5.15. The average Bonchev–Trinajstić information content (AvgIpc) is 2.13. The van der Waals surface area contributed by atoms with Crippen molar-refractivity contribution in [3.05, 3.63) is 23.8 Å². The van der Waals surface area contributed by atoms with E-state index in [2.05, 4.69) is 0 Å². The van der Waals surface area contributed by atoms with Gasteiger partial charge in [0.25, 0.3) is 20.2 Å². The van der Waals surface area contributed by atoms with Crippen LogP contribution in [0.2, 0.25) is 0 Å². The van der Waals surface area contributed by atoms with Crippen LogP contribution in [0.3, 0.4) is 0 Å². The maximum Gasteiger partial charge on any atom is 1.00 e. The molecule has 0 bridgehead atoms. The molecule has 11 heteroatoms. The van der Waals surface area contributed by atoms with Crippen LogP contribution in [-0.4, -0.2) is 31.9 Å². The van der Waals surface area contributed by atoms with Gasteiger partial charge in [0.1, 0.15) is 9.79 Å². The fourth-order valence-electron chi connectivity index (χ4n) is 1.15. The molecule has 0 amide bonds. The summed E-state index contributed by atoms with van der Waals surface area (Å²) in [5, 5.41) is 10.6. The average molecular weight is 320 g/mol. The molecule has 0 heterocycles. The summed E-state index contributed by atoms with van der Waals surface area (Å²) < 4.78 is 61.0. The third-order valence-corrected chi connectivity index (χ3v) is 3.72. The van der Waals surface area contributed by atoms with E-state index in [1.54, 1.807) is 0 Å². The van der Waals surface area contributed by atoms with E-state index in [4.69, 9.17) is 9.11 Å². The summed E-state index contributed by atoms with van der Waals surface area (Å²) in [4.78, 5) is 7.92. The quantitative estimate of drug-likeness (QED) is 0.418. The fourth-order valence-corrected chi connectivity index (χ4v) is 3.12. The number of benzene rings is 1. The predicted molar refractivity (Wildman–Crippen MR) is 50.4 cm³/mol.